The topological polar surface area (TPSA) is 97.7 Å². The molecule has 0 fully saturated rings. The molecule has 0 unspecified atom stereocenters. The molecule has 0 atom stereocenters. The summed E-state index contributed by atoms with van der Waals surface area (Å²) in [6, 6.07) is 12.9. The van der Waals surface area contributed by atoms with Gasteiger partial charge in [-0.2, -0.15) is 5.10 Å². The molecule has 2 heterocycles. The van der Waals surface area contributed by atoms with Gasteiger partial charge >= 0.3 is 0 Å². The Hall–Kier alpha value is -3.26. The molecule has 24 heavy (non-hydrogen) atoms. The van der Waals surface area contributed by atoms with Crippen LogP contribution in [0.5, 0.6) is 0 Å². The van der Waals surface area contributed by atoms with Crippen molar-refractivity contribution in [1.82, 2.24) is 5.43 Å². The summed E-state index contributed by atoms with van der Waals surface area (Å²) >= 11 is 1.32. The summed E-state index contributed by atoms with van der Waals surface area (Å²) in [6.45, 7) is 0. The van der Waals surface area contributed by atoms with Crippen molar-refractivity contribution in [3.05, 3.63) is 74.7 Å². The third-order valence-corrected chi connectivity index (χ3v) is 3.96. The number of hydrogen-bond acceptors (Lipinski definition) is 6. The fraction of sp³-hybridized carbons (Fsp3) is 0. The van der Waals surface area contributed by atoms with Gasteiger partial charge in [-0.05, 0) is 35.7 Å². The molecule has 1 aromatic carbocycles. The number of carbonyl (C=O) groups is 1. The monoisotopic (exact) mass is 341 g/mol. The molecule has 0 aliphatic carbocycles. The van der Waals surface area contributed by atoms with Crippen LogP contribution in [0.1, 0.15) is 15.4 Å². The number of nitrogens with zero attached hydrogens (tertiary/aromatic N) is 2. The van der Waals surface area contributed by atoms with Crippen LogP contribution in [0, 0.1) is 10.1 Å². The fourth-order valence-electron chi connectivity index (χ4n) is 1.94. The third kappa shape index (κ3) is 3.55. The maximum atomic E-state index is 11.7. The molecule has 3 aromatic rings. The summed E-state index contributed by atoms with van der Waals surface area (Å²) in [5, 5.41) is 16.3. The number of hydrogen-bond donors (Lipinski definition) is 1. The Morgan fingerprint density at radius 2 is 2.00 bits per heavy atom. The SMILES string of the molecule is O=C(N/N=C/c1ccc(-c2ccc([N+](=O)[O-])cc2)o1)c1cccs1. The van der Waals surface area contributed by atoms with Crippen molar-refractivity contribution in [3.8, 4) is 11.3 Å². The number of furan rings is 1. The lowest BCUT2D eigenvalue weighted by Crippen LogP contribution is -2.15. The number of rotatable bonds is 5. The number of nitrogens with one attached hydrogen (secondary N) is 1. The van der Waals surface area contributed by atoms with Crippen LogP contribution >= 0.6 is 11.3 Å². The van der Waals surface area contributed by atoms with Crippen molar-refractivity contribution in [3.63, 3.8) is 0 Å². The molecule has 7 nitrogen and oxygen atoms in total. The van der Waals surface area contributed by atoms with Gasteiger partial charge in [0.05, 0.1) is 16.0 Å². The van der Waals surface area contributed by atoms with Crippen LogP contribution in [0.2, 0.25) is 0 Å². The van der Waals surface area contributed by atoms with Crippen molar-refractivity contribution in [2.45, 2.75) is 0 Å². The summed E-state index contributed by atoms with van der Waals surface area (Å²) in [5.41, 5.74) is 3.14. The van der Waals surface area contributed by atoms with Crippen LogP contribution in [0.4, 0.5) is 5.69 Å². The van der Waals surface area contributed by atoms with E-state index in [-0.39, 0.29) is 11.6 Å². The summed E-state index contributed by atoms with van der Waals surface area (Å²) in [4.78, 5) is 22.5. The molecule has 0 radical (unpaired) electrons. The van der Waals surface area contributed by atoms with Crippen LogP contribution in [0.25, 0.3) is 11.3 Å². The third-order valence-electron chi connectivity index (χ3n) is 3.09. The number of nitro benzene ring substituents is 1. The Labute approximate surface area is 140 Å². The molecule has 0 bridgehead atoms. The van der Waals surface area contributed by atoms with Crippen LogP contribution in [-0.4, -0.2) is 17.0 Å². The van der Waals surface area contributed by atoms with E-state index in [9.17, 15) is 14.9 Å². The van der Waals surface area contributed by atoms with Crippen LogP contribution < -0.4 is 5.43 Å². The maximum Gasteiger partial charge on any atom is 0.281 e. The van der Waals surface area contributed by atoms with Gasteiger partial charge in [0.25, 0.3) is 11.6 Å². The molecular formula is C16H11N3O4S. The number of non-ortho nitro benzene ring substituents is 1. The Balaban J connectivity index is 1.66. The van der Waals surface area contributed by atoms with E-state index in [4.69, 9.17) is 4.42 Å². The molecular weight excluding hydrogens is 330 g/mol. The minimum absolute atomic E-state index is 0.0170. The molecule has 0 aliphatic heterocycles. The summed E-state index contributed by atoms with van der Waals surface area (Å²) in [7, 11) is 0. The second-order valence-corrected chi connectivity index (χ2v) is 5.63. The molecule has 0 aliphatic rings. The second-order valence-electron chi connectivity index (χ2n) is 4.68. The average molecular weight is 341 g/mol. The van der Waals surface area contributed by atoms with Crippen LogP contribution in [0.3, 0.4) is 0 Å². The maximum absolute atomic E-state index is 11.7. The first-order valence-corrected chi connectivity index (χ1v) is 7.73. The lowest BCUT2D eigenvalue weighted by molar-refractivity contribution is -0.384. The van der Waals surface area contributed by atoms with E-state index in [0.717, 1.165) is 0 Å². The van der Waals surface area contributed by atoms with E-state index in [1.165, 1.54) is 29.7 Å². The highest BCUT2D eigenvalue weighted by molar-refractivity contribution is 7.12. The van der Waals surface area contributed by atoms with Gasteiger partial charge in [-0.1, -0.05) is 6.07 Å². The molecule has 2 aromatic heterocycles. The van der Waals surface area contributed by atoms with Crippen molar-refractivity contribution >= 4 is 29.1 Å². The van der Waals surface area contributed by atoms with Crippen molar-refractivity contribution in [2.75, 3.05) is 0 Å². The summed E-state index contributed by atoms with van der Waals surface area (Å²) in [6.07, 6.45) is 1.39. The quantitative estimate of drug-likeness (QED) is 0.435. The van der Waals surface area contributed by atoms with Gasteiger partial charge in [0, 0.05) is 17.7 Å². The van der Waals surface area contributed by atoms with Crippen LogP contribution in [0.15, 0.2) is 63.4 Å². The lowest BCUT2D eigenvalue weighted by Gasteiger charge is -1.96. The fourth-order valence-corrected chi connectivity index (χ4v) is 2.56. The van der Waals surface area contributed by atoms with Gasteiger partial charge < -0.3 is 4.42 Å². The van der Waals surface area contributed by atoms with Gasteiger partial charge in [-0.15, -0.1) is 11.3 Å². The highest BCUT2D eigenvalue weighted by Crippen LogP contribution is 2.23. The predicted octanol–water partition coefficient (Wildman–Crippen LogP) is 3.68. The van der Waals surface area contributed by atoms with E-state index in [1.807, 2.05) is 5.38 Å². The Bertz CT molecular complexity index is 882. The van der Waals surface area contributed by atoms with Gasteiger partial charge in [0.2, 0.25) is 0 Å². The zero-order valence-electron chi connectivity index (χ0n) is 12.2. The first-order valence-electron chi connectivity index (χ1n) is 6.85. The number of benzene rings is 1. The first kappa shape index (κ1) is 15.6. The highest BCUT2D eigenvalue weighted by Gasteiger charge is 2.08. The minimum Gasteiger partial charge on any atom is -0.455 e. The van der Waals surface area contributed by atoms with E-state index in [2.05, 4.69) is 10.5 Å². The van der Waals surface area contributed by atoms with Gasteiger partial charge in [-0.25, -0.2) is 5.43 Å². The molecule has 0 spiro atoms. The Kier molecular flexibility index (Phi) is 4.48. The number of nitro groups is 1. The molecule has 0 saturated heterocycles. The molecule has 8 heteroatoms. The normalized spacial score (nSPS) is 10.8. The summed E-state index contributed by atoms with van der Waals surface area (Å²) in [5.74, 6) is 0.717. The van der Waals surface area contributed by atoms with E-state index < -0.39 is 4.92 Å². The molecule has 3 rings (SSSR count). The zero-order valence-corrected chi connectivity index (χ0v) is 13.0. The number of hydrazone groups is 1. The second kappa shape index (κ2) is 6.88. The Morgan fingerprint density at radius 3 is 2.67 bits per heavy atom. The lowest BCUT2D eigenvalue weighted by atomic mass is 10.1. The first-order chi connectivity index (χ1) is 11.6. The molecule has 1 amide bonds. The van der Waals surface area contributed by atoms with E-state index >= 15 is 0 Å². The number of amides is 1. The minimum atomic E-state index is -0.458. The average Bonchev–Trinajstić information content (AvgIpc) is 3.27. The van der Waals surface area contributed by atoms with E-state index in [0.29, 0.717) is 22.0 Å². The molecule has 0 saturated carbocycles. The predicted molar refractivity (Wildman–Crippen MR) is 90.2 cm³/mol. The number of thiophene rings is 1. The van der Waals surface area contributed by atoms with Crippen LogP contribution in [-0.2, 0) is 0 Å². The van der Waals surface area contributed by atoms with Crippen molar-refractivity contribution in [2.24, 2.45) is 5.10 Å². The van der Waals surface area contributed by atoms with Gasteiger partial charge in [-0.3, -0.25) is 14.9 Å². The zero-order chi connectivity index (χ0) is 16.9. The molecule has 120 valence electrons. The Morgan fingerprint density at radius 1 is 1.21 bits per heavy atom. The van der Waals surface area contributed by atoms with Crippen molar-refractivity contribution in [1.29, 1.82) is 0 Å². The largest absolute Gasteiger partial charge is 0.455 e. The van der Waals surface area contributed by atoms with E-state index in [1.54, 1.807) is 36.4 Å². The highest BCUT2D eigenvalue weighted by atomic mass is 32.1. The smallest absolute Gasteiger partial charge is 0.281 e. The standard InChI is InChI=1S/C16H11N3O4S/c20-16(15-2-1-9-24-15)18-17-10-13-7-8-14(23-13)11-3-5-12(6-4-11)19(21)22/h1-10H,(H,18,20)/b17-10+. The number of carbonyl (C=O) groups excluding carboxylic acids is 1. The molecule has 1 N–H and O–H groups in total. The summed E-state index contributed by atoms with van der Waals surface area (Å²) < 4.78 is 5.57. The van der Waals surface area contributed by atoms with Gasteiger partial charge in [0.15, 0.2) is 0 Å². The van der Waals surface area contributed by atoms with Crippen molar-refractivity contribution < 1.29 is 14.1 Å². The van der Waals surface area contributed by atoms with Gasteiger partial charge in [0.1, 0.15) is 11.5 Å².